The van der Waals surface area contributed by atoms with Gasteiger partial charge in [0.05, 0.1) is 7.11 Å². The van der Waals surface area contributed by atoms with Crippen molar-refractivity contribution in [1.29, 1.82) is 0 Å². The molecule has 4 rings (SSSR count). The van der Waals surface area contributed by atoms with Gasteiger partial charge in [0.15, 0.2) is 0 Å². The summed E-state index contributed by atoms with van der Waals surface area (Å²) in [5.74, 6) is 0.979. The van der Waals surface area contributed by atoms with Crippen LogP contribution in [0.15, 0.2) is 91.0 Å². The van der Waals surface area contributed by atoms with Crippen LogP contribution in [0, 0.1) is 5.92 Å². The zero-order valence-corrected chi connectivity index (χ0v) is 18.7. The van der Waals surface area contributed by atoms with Crippen molar-refractivity contribution in [3.63, 3.8) is 0 Å². The van der Waals surface area contributed by atoms with E-state index in [-0.39, 0.29) is 5.92 Å². The SMILES string of the molecule is COc1cccc(-c2ccc(CCC(C=O)CCCc3cccc4ccccc34)cc2)c1. The first-order valence-corrected chi connectivity index (χ1v) is 11.4. The number of benzene rings is 4. The van der Waals surface area contributed by atoms with Gasteiger partial charge in [-0.05, 0) is 77.3 Å². The lowest BCUT2D eigenvalue weighted by atomic mass is 9.93. The van der Waals surface area contributed by atoms with Crippen molar-refractivity contribution < 1.29 is 9.53 Å². The van der Waals surface area contributed by atoms with Crippen molar-refractivity contribution in [3.05, 3.63) is 102 Å². The molecule has 0 spiro atoms. The molecule has 4 aromatic carbocycles. The van der Waals surface area contributed by atoms with E-state index in [1.54, 1.807) is 7.11 Å². The molecule has 162 valence electrons. The van der Waals surface area contributed by atoms with E-state index in [2.05, 4.69) is 72.8 Å². The second kappa shape index (κ2) is 10.8. The number of methoxy groups -OCH3 is 1. The molecule has 0 aromatic heterocycles. The van der Waals surface area contributed by atoms with E-state index < -0.39 is 0 Å². The van der Waals surface area contributed by atoms with Crippen LogP contribution in [-0.2, 0) is 17.6 Å². The van der Waals surface area contributed by atoms with E-state index in [0.29, 0.717) is 0 Å². The van der Waals surface area contributed by atoms with Gasteiger partial charge >= 0.3 is 0 Å². The Kier molecular flexibility index (Phi) is 7.34. The summed E-state index contributed by atoms with van der Waals surface area (Å²) in [4.78, 5) is 11.7. The second-order valence-electron chi connectivity index (χ2n) is 8.39. The fraction of sp³-hybridized carbons (Fsp3) is 0.233. The zero-order valence-electron chi connectivity index (χ0n) is 18.7. The number of hydrogen-bond acceptors (Lipinski definition) is 2. The molecule has 0 bridgehead atoms. The Hall–Kier alpha value is -3.39. The summed E-state index contributed by atoms with van der Waals surface area (Å²) in [5.41, 5.74) is 4.98. The molecule has 0 saturated heterocycles. The fourth-order valence-corrected chi connectivity index (χ4v) is 4.36. The van der Waals surface area contributed by atoms with Crippen LogP contribution in [0.25, 0.3) is 21.9 Å². The first kappa shape index (κ1) is 21.8. The molecule has 4 aromatic rings. The van der Waals surface area contributed by atoms with Gasteiger partial charge in [-0.25, -0.2) is 0 Å². The van der Waals surface area contributed by atoms with Crippen LogP contribution in [0.2, 0.25) is 0 Å². The van der Waals surface area contributed by atoms with Gasteiger partial charge in [-0.2, -0.15) is 0 Å². The molecule has 0 radical (unpaired) electrons. The molecule has 0 aliphatic carbocycles. The normalized spacial score (nSPS) is 11.9. The average Bonchev–Trinajstić information content (AvgIpc) is 2.86. The molecule has 1 unspecified atom stereocenters. The topological polar surface area (TPSA) is 26.3 Å². The van der Waals surface area contributed by atoms with Gasteiger partial charge in [-0.15, -0.1) is 0 Å². The van der Waals surface area contributed by atoms with E-state index in [9.17, 15) is 4.79 Å². The van der Waals surface area contributed by atoms with Crippen molar-refractivity contribution >= 4 is 17.1 Å². The minimum atomic E-state index is 0.114. The second-order valence-corrected chi connectivity index (χ2v) is 8.39. The first-order valence-electron chi connectivity index (χ1n) is 11.4. The minimum Gasteiger partial charge on any atom is -0.497 e. The van der Waals surface area contributed by atoms with Gasteiger partial charge in [0.2, 0.25) is 0 Å². The molecule has 32 heavy (non-hydrogen) atoms. The smallest absolute Gasteiger partial charge is 0.123 e. The highest BCUT2D eigenvalue weighted by Crippen LogP contribution is 2.25. The number of carbonyl (C=O) groups is 1. The number of carbonyl (C=O) groups excluding carboxylic acids is 1. The van der Waals surface area contributed by atoms with Crippen molar-refractivity contribution in [2.24, 2.45) is 5.92 Å². The van der Waals surface area contributed by atoms with E-state index in [1.807, 2.05) is 18.2 Å². The maximum Gasteiger partial charge on any atom is 0.123 e. The van der Waals surface area contributed by atoms with Crippen molar-refractivity contribution in [1.82, 2.24) is 0 Å². The zero-order chi connectivity index (χ0) is 22.2. The first-order chi connectivity index (χ1) is 15.8. The maximum atomic E-state index is 11.7. The lowest BCUT2D eigenvalue weighted by molar-refractivity contribution is -0.111. The summed E-state index contributed by atoms with van der Waals surface area (Å²) in [6, 6.07) is 31.8. The summed E-state index contributed by atoms with van der Waals surface area (Å²) in [7, 11) is 1.69. The van der Waals surface area contributed by atoms with Crippen LogP contribution < -0.4 is 4.74 Å². The van der Waals surface area contributed by atoms with Gasteiger partial charge in [-0.3, -0.25) is 0 Å². The van der Waals surface area contributed by atoms with Gasteiger partial charge in [-0.1, -0.05) is 78.9 Å². The number of aryl methyl sites for hydroxylation is 2. The van der Waals surface area contributed by atoms with Gasteiger partial charge < -0.3 is 9.53 Å². The quantitative estimate of drug-likeness (QED) is 0.251. The third-order valence-electron chi connectivity index (χ3n) is 6.25. The van der Waals surface area contributed by atoms with Gasteiger partial charge in [0, 0.05) is 5.92 Å². The number of hydrogen-bond donors (Lipinski definition) is 0. The minimum absolute atomic E-state index is 0.114. The Labute approximate surface area is 190 Å². The Morgan fingerprint density at radius 3 is 2.38 bits per heavy atom. The highest BCUT2D eigenvalue weighted by atomic mass is 16.5. The van der Waals surface area contributed by atoms with Crippen molar-refractivity contribution in [2.45, 2.75) is 32.1 Å². The number of ether oxygens (including phenoxy) is 1. The van der Waals surface area contributed by atoms with Gasteiger partial charge in [0.1, 0.15) is 12.0 Å². The molecule has 0 N–H and O–H groups in total. The summed E-state index contributed by atoms with van der Waals surface area (Å²) in [6.07, 6.45) is 5.96. The van der Waals surface area contributed by atoms with E-state index in [0.717, 1.165) is 49.7 Å². The van der Waals surface area contributed by atoms with Crippen LogP contribution in [-0.4, -0.2) is 13.4 Å². The Morgan fingerprint density at radius 2 is 1.56 bits per heavy atom. The fourth-order valence-electron chi connectivity index (χ4n) is 4.36. The van der Waals surface area contributed by atoms with Crippen LogP contribution in [0.4, 0.5) is 0 Å². The highest BCUT2D eigenvalue weighted by molar-refractivity contribution is 5.85. The monoisotopic (exact) mass is 422 g/mol. The van der Waals surface area contributed by atoms with Crippen LogP contribution in [0.3, 0.4) is 0 Å². The predicted octanol–water partition coefficient (Wildman–Crippen LogP) is 7.29. The third kappa shape index (κ3) is 5.45. The van der Waals surface area contributed by atoms with Gasteiger partial charge in [0.25, 0.3) is 0 Å². The van der Waals surface area contributed by atoms with Crippen LogP contribution in [0.5, 0.6) is 5.75 Å². The maximum absolute atomic E-state index is 11.7. The highest BCUT2D eigenvalue weighted by Gasteiger charge is 2.09. The molecular formula is C30H30O2. The molecule has 1 atom stereocenters. The Bertz CT molecular complexity index is 1160. The van der Waals surface area contributed by atoms with E-state index in [4.69, 9.17) is 4.74 Å². The molecule has 0 amide bonds. The lowest BCUT2D eigenvalue weighted by Gasteiger charge is -2.12. The summed E-state index contributed by atoms with van der Waals surface area (Å²) >= 11 is 0. The summed E-state index contributed by atoms with van der Waals surface area (Å²) in [5, 5.41) is 2.61. The Morgan fingerprint density at radius 1 is 0.781 bits per heavy atom. The third-order valence-corrected chi connectivity index (χ3v) is 6.25. The molecule has 2 heteroatoms. The predicted molar refractivity (Wildman–Crippen MR) is 133 cm³/mol. The molecular weight excluding hydrogens is 392 g/mol. The largest absolute Gasteiger partial charge is 0.497 e. The summed E-state index contributed by atoms with van der Waals surface area (Å²) < 4.78 is 5.33. The molecule has 0 heterocycles. The van der Waals surface area contributed by atoms with E-state index >= 15 is 0 Å². The lowest BCUT2D eigenvalue weighted by Crippen LogP contribution is -2.05. The average molecular weight is 423 g/mol. The number of aldehydes is 1. The van der Waals surface area contributed by atoms with Crippen molar-refractivity contribution in [2.75, 3.05) is 7.11 Å². The number of fused-ring (bicyclic) bond motifs is 1. The standard InChI is InChI=1S/C30H30O2/c1-32-29-13-6-12-28(21-29)25-19-17-23(18-20-25)15-16-24(22-31)7-4-9-27-11-5-10-26-8-2-3-14-30(26)27/h2-3,5-6,8,10-14,17-22,24H,4,7,9,15-16H2,1H3. The van der Waals surface area contributed by atoms with Crippen LogP contribution >= 0.6 is 0 Å². The van der Waals surface area contributed by atoms with Crippen molar-refractivity contribution in [3.8, 4) is 16.9 Å². The van der Waals surface area contributed by atoms with Crippen LogP contribution in [0.1, 0.15) is 30.4 Å². The molecule has 2 nitrogen and oxygen atoms in total. The number of rotatable bonds is 10. The van der Waals surface area contributed by atoms with E-state index in [1.165, 1.54) is 27.5 Å². The molecule has 0 fully saturated rings. The Balaban J connectivity index is 1.30. The molecule has 0 aliphatic rings. The molecule has 0 saturated carbocycles. The summed E-state index contributed by atoms with van der Waals surface area (Å²) in [6.45, 7) is 0. The molecule has 0 aliphatic heterocycles.